The molecule has 5 heteroatoms. The third kappa shape index (κ3) is 4.66. The second-order valence-corrected chi connectivity index (χ2v) is 4.53. The lowest BCUT2D eigenvalue weighted by molar-refractivity contribution is -0.141. The zero-order valence-corrected chi connectivity index (χ0v) is 10.8. The van der Waals surface area contributed by atoms with Gasteiger partial charge in [0, 0.05) is 11.5 Å². The van der Waals surface area contributed by atoms with E-state index < -0.39 is 6.04 Å². The molecule has 4 nitrogen and oxygen atoms in total. The Morgan fingerprint density at radius 3 is 2.88 bits per heavy atom. The number of hydrogen-bond donors (Lipinski definition) is 1. The molecule has 0 bridgehead atoms. The van der Waals surface area contributed by atoms with E-state index in [-0.39, 0.29) is 5.97 Å². The molecule has 17 heavy (non-hydrogen) atoms. The number of carbonyl (C=O) groups excluding carboxylic acids is 1. The summed E-state index contributed by atoms with van der Waals surface area (Å²) < 4.78 is 9.68. The first-order chi connectivity index (χ1) is 8.17. The molecule has 0 amide bonds. The van der Waals surface area contributed by atoms with Crippen molar-refractivity contribution in [2.75, 3.05) is 20.0 Å². The molecule has 94 valence electrons. The topological polar surface area (TPSA) is 61.5 Å². The van der Waals surface area contributed by atoms with Gasteiger partial charge in [-0.1, -0.05) is 12.1 Å². The molecule has 0 saturated carbocycles. The van der Waals surface area contributed by atoms with Crippen molar-refractivity contribution in [1.29, 1.82) is 0 Å². The number of methoxy groups -OCH3 is 2. The average molecular weight is 255 g/mol. The van der Waals surface area contributed by atoms with Gasteiger partial charge in [0.25, 0.3) is 0 Å². The molecule has 1 rings (SSSR count). The largest absolute Gasteiger partial charge is 0.497 e. The fourth-order valence-electron chi connectivity index (χ4n) is 1.29. The Bertz CT molecular complexity index is 371. The molecule has 0 aromatic heterocycles. The van der Waals surface area contributed by atoms with Gasteiger partial charge in [0.1, 0.15) is 11.8 Å². The third-order valence-corrected chi connectivity index (χ3v) is 3.34. The van der Waals surface area contributed by atoms with Crippen molar-refractivity contribution < 1.29 is 14.3 Å². The molecule has 0 heterocycles. The highest BCUT2D eigenvalue weighted by atomic mass is 32.2. The summed E-state index contributed by atoms with van der Waals surface area (Å²) in [6.45, 7) is 0. The van der Waals surface area contributed by atoms with Gasteiger partial charge in [-0.2, -0.15) is 11.8 Å². The molecule has 0 aliphatic carbocycles. The van der Waals surface area contributed by atoms with E-state index in [0.29, 0.717) is 5.75 Å². The number of esters is 1. The quantitative estimate of drug-likeness (QED) is 0.779. The first kappa shape index (κ1) is 13.9. The molecule has 1 unspecified atom stereocenters. The van der Waals surface area contributed by atoms with Crippen LogP contribution in [0.5, 0.6) is 5.75 Å². The smallest absolute Gasteiger partial charge is 0.323 e. The van der Waals surface area contributed by atoms with Gasteiger partial charge in [-0.15, -0.1) is 0 Å². The molecule has 1 aromatic carbocycles. The van der Waals surface area contributed by atoms with Crippen LogP contribution in [-0.2, 0) is 15.3 Å². The first-order valence-electron chi connectivity index (χ1n) is 5.21. The van der Waals surface area contributed by atoms with Gasteiger partial charge in [0.05, 0.1) is 14.2 Å². The molecular weight excluding hydrogens is 238 g/mol. The predicted molar refractivity (Wildman–Crippen MR) is 69.1 cm³/mol. The van der Waals surface area contributed by atoms with E-state index in [1.54, 1.807) is 18.9 Å². The van der Waals surface area contributed by atoms with Gasteiger partial charge in [0.15, 0.2) is 0 Å². The van der Waals surface area contributed by atoms with Crippen LogP contribution in [-0.4, -0.2) is 32.0 Å². The third-order valence-electron chi connectivity index (χ3n) is 2.20. The summed E-state index contributed by atoms with van der Waals surface area (Å²) in [5.74, 6) is 1.80. The van der Waals surface area contributed by atoms with Gasteiger partial charge >= 0.3 is 5.97 Å². The number of thioether (sulfide) groups is 1. The molecule has 0 fully saturated rings. The normalized spacial score (nSPS) is 11.9. The number of nitrogens with two attached hydrogens (primary N) is 1. The average Bonchev–Trinajstić information content (AvgIpc) is 2.37. The molecule has 1 atom stereocenters. The SMILES string of the molecule is COC(=O)C(N)CSCc1cccc(OC)c1. The van der Waals surface area contributed by atoms with Crippen molar-refractivity contribution in [3.05, 3.63) is 29.8 Å². The molecule has 0 radical (unpaired) electrons. The van der Waals surface area contributed by atoms with Gasteiger partial charge in [0.2, 0.25) is 0 Å². The Hall–Kier alpha value is -1.20. The fraction of sp³-hybridized carbons (Fsp3) is 0.417. The number of hydrogen-bond acceptors (Lipinski definition) is 5. The van der Waals surface area contributed by atoms with E-state index >= 15 is 0 Å². The lowest BCUT2D eigenvalue weighted by atomic mass is 10.2. The summed E-state index contributed by atoms with van der Waals surface area (Å²) in [4.78, 5) is 11.1. The summed E-state index contributed by atoms with van der Waals surface area (Å²) in [6, 6.07) is 7.26. The number of benzene rings is 1. The van der Waals surface area contributed by atoms with Crippen molar-refractivity contribution >= 4 is 17.7 Å². The number of carbonyl (C=O) groups is 1. The van der Waals surface area contributed by atoms with Crippen LogP contribution >= 0.6 is 11.8 Å². The maximum absolute atomic E-state index is 11.1. The number of ether oxygens (including phenoxy) is 2. The molecule has 0 aliphatic heterocycles. The van der Waals surface area contributed by atoms with Crippen LogP contribution < -0.4 is 10.5 Å². The van der Waals surface area contributed by atoms with Crippen LogP contribution in [0.1, 0.15) is 5.56 Å². The van der Waals surface area contributed by atoms with Gasteiger partial charge in [-0.3, -0.25) is 4.79 Å². The Morgan fingerprint density at radius 1 is 1.47 bits per heavy atom. The monoisotopic (exact) mass is 255 g/mol. The maximum Gasteiger partial charge on any atom is 0.323 e. The van der Waals surface area contributed by atoms with Crippen LogP contribution in [0.2, 0.25) is 0 Å². The molecule has 0 aliphatic rings. The van der Waals surface area contributed by atoms with Crippen LogP contribution in [0.4, 0.5) is 0 Å². The predicted octanol–water partition coefficient (Wildman–Crippen LogP) is 1.43. The van der Waals surface area contributed by atoms with E-state index in [2.05, 4.69) is 4.74 Å². The van der Waals surface area contributed by atoms with Crippen molar-refractivity contribution in [3.8, 4) is 5.75 Å². The van der Waals surface area contributed by atoms with Crippen LogP contribution in [0.15, 0.2) is 24.3 Å². The van der Waals surface area contributed by atoms with Gasteiger partial charge in [-0.05, 0) is 17.7 Å². The Labute approximate surface area is 105 Å². The Kier molecular flexibility index (Phi) is 5.86. The summed E-state index contributed by atoms with van der Waals surface area (Å²) in [7, 11) is 2.98. The summed E-state index contributed by atoms with van der Waals surface area (Å²) in [5.41, 5.74) is 6.77. The highest BCUT2D eigenvalue weighted by molar-refractivity contribution is 7.98. The summed E-state index contributed by atoms with van der Waals surface area (Å²) in [5, 5.41) is 0. The van der Waals surface area contributed by atoms with Crippen LogP contribution in [0.3, 0.4) is 0 Å². The molecular formula is C12H17NO3S. The van der Waals surface area contributed by atoms with Crippen molar-refractivity contribution in [1.82, 2.24) is 0 Å². The minimum atomic E-state index is -0.560. The zero-order valence-electron chi connectivity index (χ0n) is 10.0. The zero-order chi connectivity index (χ0) is 12.7. The molecule has 2 N–H and O–H groups in total. The van der Waals surface area contributed by atoms with E-state index in [4.69, 9.17) is 10.5 Å². The lowest BCUT2D eigenvalue weighted by Crippen LogP contribution is -2.33. The number of rotatable bonds is 6. The Balaban J connectivity index is 2.37. The van der Waals surface area contributed by atoms with E-state index in [1.807, 2.05) is 24.3 Å². The van der Waals surface area contributed by atoms with Crippen LogP contribution in [0, 0.1) is 0 Å². The Morgan fingerprint density at radius 2 is 2.24 bits per heavy atom. The van der Waals surface area contributed by atoms with Crippen molar-refractivity contribution in [2.24, 2.45) is 5.73 Å². The second-order valence-electron chi connectivity index (χ2n) is 3.50. The molecule has 0 spiro atoms. The minimum Gasteiger partial charge on any atom is -0.497 e. The minimum absolute atomic E-state index is 0.372. The molecule has 0 saturated heterocycles. The lowest BCUT2D eigenvalue weighted by Gasteiger charge is -2.09. The highest BCUT2D eigenvalue weighted by Gasteiger charge is 2.13. The summed E-state index contributed by atoms with van der Waals surface area (Å²) >= 11 is 1.60. The van der Waals surface area contributed by atoms with Crippen molar-refractivity contribution in [2.45, 2.75) is 11.8 Å². The fourth-order valence-corrected chi connectivity index (χ4v) is 2.21. The van der Waals surface area contributed by atoms with E-state index in [9.17, 15) is 4.79 Å². The van der Waals surface area contributed by atoms with Gasteiger partial charge < -0.3 is 15.2 Å². The van der Waals surface area contributed by atoms with Crippen LogP contribution in [0.25, 0.3) is 0 Å². The van der Waals surface area contributed by atoms with Gasteiger partial charge in [-0.25, -0.2) is 0 Å². The van der Waals surface area contributed by atoms with Crippen molar-refractivity contribution in [3.63, 3.8) is 0 Å². The molecule has 1 aromatic rings. The standard InChI is InChI=1S/C12H17NO3S/c1-15-10-5-3-4-9(6-10)7-17-8-11(13)12(14)16-2/h3-6,11H,7-8,13H2,1-2H3. The summed E-state index contributed by atoms with van der Waals surface area (Å²) in [6.07, 6.45) is 0. The first-order valence-corrected chi connectivity index (χ1v) is 6.37. The van der Waals surface area contributed by atoms with E-state index in [0.717, 1.165) is 17.1 Å². The van der Waals surface area contributed by atoms with E-state index in [1.165, 1.54) is 7.11 Å². The highest BCUT2D eigenvalue weighted by Crippen LogP contribution is 2.18. The maximum atomic E-state index is 11.1. The second kappa shape index (κ2) is 7.19.